The first-order chi connectivity index (χ1) is 6.57. The summed E-state index contributed by atoms with van der Waals surface area (Å²) in [6.07, 6.45) is 2.19. The molecule has 0 saturated heterocycles. The zero-order valence-electron chi connectivity index (χ0n) is 8.58. The van der Waals surface area contributed by atoms with E-state index in [4.69, 9.17) is 9.84 Å². The first-order valence-electron chi connectivity index (χ1n) is 4.74. The number of ether oxygens (including phenoxy) is 1. The van der Waals surface area contributed by atoms with Crippen LogP contribution in [0.5, 0.6) is 0 Å². The summed E-state index contributed by atoms with van der Waals surface area (Å²) in [5.74, 6) is -1.07. The smallest absolute Gasteiger partial charge is 0.407 e. The lowest BCUT2D eigenvalue weighted by molar-refractivity contribution is -0.138. The van der Waals surface area contributed by atoms with Crippen LogP contribution in [0.2, 0.25) is 0 Å². The average molecular weight is 203 g/mol. The highest BCUT2D eigenvalue weighted by atomic mass is 16.5. The quantitative estimate of drug-likeness (QED) is 0.639. The minimum Gasteiger partial charge on any atom is -0.480 e. The first kappa shape index (κ1) is 12.7. The third-order valence-electron chi connectivity index (χ3n) is 1.69. The predicted molar refractivity (Wildman–Crippen MR) is 51.1 cm³/mol. The summed E-state index contributed by atoms with van der Waals surface area (Å²) in [4.78, 5) is 21.3. The largest absolute Gasteiger partial charge is 0.480 e. The molecule has 5 nitrogen and oxygen atoms in total. The van der Waals surface area contributed by atoms with Crippen LogP contribution >= 0.6 is 0 Å². The molecule has 0 aromatic heterocycles. The van der Waals surface area contributed by atoms with Gasteiger partial charge in [0.15, 0.2) is 0 Å². The van der Waals surface area contributed by atoms with Crippen molar-refractivity contribution in [2.45, 2.75) is 39.2 Å². The number of carboxylic acid groups (broad SMARTS) is 1. The lowest BCUT2D eigenvalue weighted by Crippen LogP contribution is -2.38. The van der Waals surface area contributed by atoms with Gasteiger partial charge >= 0.3 is 12.1 Å². The molecule has 0 radical (unpaired) electrons. The summed E-state index contributed by atoms with van der Waals surface area (Å²) in [5, 5.41) is 10.7. The molecule has 0 aliphatic heterocycles. The van der Waals surface area contributed by atoms with Crippen LogP contribution in [0, 0.1) is 0 Å². The monoisotopic (exact) mass is 203 g/mol. The lowest BCUT2D eigenvalue weighted by Gasteiger charge is -2.09. The van der Waals surface area contributed by atoms with E-state index in [2.05, 4.69) is 5.32 Å². The standard InChI is InChI=1S/C9H17NO4/c1-3-4-5-6-14-9(13)10-7(2)8(11)12/h7H,3-6H2,1-2H3,(H,10,13)(H,11,12). The van der Waals surface area contributed by atoms with Crippen molar-refractivity contribution in [3.63, 3.8) is 0 Å². The number of carboxylic acids is 1. The van der Waals surface area contributed by atoms with E-state index in [0.717, 1.165) is 19.3 Å². The topological polar surface area (TPSA) is 75.6 Å². The number of amides is 1. The van der Waals surface area contributed by atoms with Gasteiger partial charge < -0.3 is 15.2 Å². The molecule has 82 valence electrons. The number of alkyl carbamates (subject to hydrolysis) is 1. The normalized spacial score (nSPS) is 11.9. The highest BCUT2D eigenvalue weighted by molar-refractivity contribution is 5.79. The van der Waals surface area contributed by atoms with Crippen LogP contribution in [0.1, 0.15) is 33.1 Å². The maximum atomic E-state index is 10.9. The molecule has 0 spiro atoms. The number of rotatable bonds is 6. The highest BCUT2D eigenvalue weighted by Gasteiger charge is 2.13. The Bertz CT molecular complexity index is 193. The van der Waals surface area contributed by atoms with Gasteiger partial charge in [0.25, 0.3) is 0 Å². The lowest BCUT2D eigenvalue weighted by atomic mass is 10.3. The third kappa shape index (κ3) is 6.28. The van der Waals surface area contributed by atoms with Gasteiger partial charge in [0, 0.05) is 0 Å². The zero-order chi connectivity index (χ0) is 11.0. The number of hydrogen-bond acceptors (Lipinski definition) is 3. The van der Waals surface area contributed by atoms with Gasteiger partial charge in [0.1, 0.15) is 6.04 Å². The van der Waals surface area contributed by atoms with Crippen LogP contribution in [-0.2, 0) is 9.53 Å². The summed E-state index contributed by atoms with van der Waals surface area (Å²) in [6, 6.07) is -0.909. The van der Waals surface area contributed by atoms with E-state index in [0.29, 0.717) is 6.61 Å². The Morgan fingerprint density at radius 3 is 2.57 bits per heavy atom. The van der Waals surface area contributed by atoms with E-state index in [1.54, 1.807) is 0 Å². The van der Waals surface area contributed by atoms with Gasteiger partial charge in [-0.1, -0.05) is 19.8 Å². The second-order valence-corrected chi connectivity index (χ2v) is 3.05. The van der Waals surface area contributed by atoms with Gasteiger partial charge in [-0.2, -0.15) is 0 Å². The second kappa shape index (κ2) is 7.17. The van der Waals surface area contributed by atoms with E-state index in [9.17, 15) is 9.59 Å². The molecule has 14 heavy (non-hydrogen) atoms. The molecule has 2 N–H and O–H groups in total. The van der Waals surface area contributed by atoms with E-state index in [-0.39, 0.29) is 0 Å². The van der Waals surface area contributed by atoms with Crippen LogP contribution in [0.15, 0.2) is 0 Å². The summed E-state index contributed by atoms with van der Waals surface area (Å²) < 4.78 is 4.75. The molecule has 0 aromatic rings. The molecule has 0 bridgehead atoms. The Morgan fingerprint density at radius 1 is 1.43 bits per heavy atom. The molecular formula is C9H17NO4. The fourth-order valence-corrected chi connectivity index (χ4v) is 0.797. The van der Waals surface area contributed by atoms with Gasteiger partial charge in [-0.15, -0.1) is 0 Å². The van der Waals surface area contributed by atoms with E-state index in [1.807, 2.05) is 6.92 Å². The minimum atomic E-state index is -1.07. The molecule has 0 heterocycles. The Morgan fingerprint density at radius 2 is 2.07 bits per heavy atom. The summed E-state index contributed by atoms with van der Waals surface area (Å²) in [6.45, 7) is 3.77. The molecule has 5 heteroatoms. The summed E-state index contributed by atoms with van der Waals surface area (Å²) in [5.41, 5.74) is 0. The third-order valence-corrected chi connectivity index (χ3v) is 1.69. The summed E-state index contributed by atoms with van der Waals surface area (Å²) >= 11 is 0. The van der Waals surface area contributed by atoms with Gasteiger partial charge in [-0.3, -0.25) is 4.79 Å². The van der Waals surface area contributed by atoms with Crippen molar-refractivity contribution in [3.05, 3.63) is 0 Å². The number of unbranched alkanes of at least 4 members (excludes halogenated alkanes) is 2. The second-order valence-electron chi connectivity index (χ2n) is 3.05. The van der Waals surface area contributed by atoms with Crippen LogP contribution in [0.4, 0.5) is 4.79 Å². The number of carbonyl (C=O) groups is 2. The van der Waals surface area contributed by atoms with Crippen molar-refractivity contribution >= 4 is 12.1 Å². The molecule has 1 amide bonds. The van der Waals surface area contributed by atoms with Crippen molar-refractivity contribution in [1.82, 2.24) is 5.32 Å². The highest BCUT2D eigenvalue weighted by Crippen LogP contribution is 1.94. The molecule has 0 aliphatic rings. The summed E-state index contributed by atoms with van der Waals surface area (Å²) in [7, 11) is 0. The van der Waals surface area contributed by atoms with E-state index in [1.165, 1.54) is 6.92 Å². The molecular weight excluding hydrogens is 186 g/mol. The number of aliphatic carboxylic acids is 1. The van der Waals surface area contributed by atoms with Crippen LogP contribution in [0.3, 0.4) is 0 Å². The fourth-order valence-electron chi connectivity index (χ4n) is 0.797. The number of hydrogen-bond donors (Lipinski definition) is 2. The van der Waals surface area contributed by atoms with Gasteiger partial charge in [0.05, 0.1) is 6.61 Å². The van der Waals surface area contributed by atoms with Crippen molar-refractivity contribution in [2.24, 2.45) is 0 Å². The van der Waals surface area contributed by atoms with Gasteiger partial charge in [-0.25, -0.2) is 4.79 Å². The van der Waals surface area contributed by atoms with Crippen molar-refractivity contribution < 1.29 is 19.4 Å². The predicted octanol–water partition coefficient (Wildman–Crippen LogP) is 1.38. The average Bonchev–Trinajstić information content (AvgIpc) is 2.12. The molecule has 0 saturated carbocycles. The Labute approximate surface area is 83.4 Å². The first-order valence-corrected chi connectivity index (χ1v) is 4.74. The minimum absolute atomic E-state index is 0.339. The van der Waals surface area contributed by atoms with Crippen LogP contribution in [-0.4, -0.2) is 29.8 Å². The van der Waals surface area contributed by atoms with Crippen molar-refractivity contribution in [1.29, 1.82) is 0 Å². The van der Waals surface area contributed by atoms with Crippen LogP contribution < -0.4 is 5.32 Å². The van der Waals surface area contributed by atoms with Crippen LogP contribution in [0.25, 0.3) is 0 Å². The number of nitrogens with one attached hydrogen (secondary N) is 1. The molecule has 1 unspecified atom stereocenters. The molecule has 0 rings (SSSR count). The Balaban J connectivity index is 3.50. The van der Waals surface area contributed by atoms with Gasteiger partial charge in [0.2, 0.25) is 0 Å². The fraction of sp³-hybridized carbons (Fsp3) is 0.778. The van der Waals surface area contributed by atoms with Gasteiger partial charge in [-0.05, 0) is 13.3 Å². The van der Waals surface area contributed by atoms with Crippen molar-refractivity contribution in [3.8, 4) is 0 Å². The maximum Gasteiger partial charge on any atom is 0.407 e. The molecule has 1 atom stereocenters. The Kier molecular flexibility index (Phi) is 6.53. The van der Waals surface area contributed by atoms with Crippen molar-refractivity contribution in [2.75, 3.05) is 6.61 Å². The van der Waals surface area contributed by atoms with E-state index >= 15 is 0 Å². The number of carbonyl (C=O) groups excluding carboxylic acids is 1. The molecule has 0 aliphatic carbocycles. The molecule has 0 fully saturated rings. The zero-order valence-corrected chi connectivity index (χ0v) is 8.58. The van der Waals surface area contributed by atoms with E-state index < -0.39 is 18.1 Å². The molecule has 0 aromatic carbocycles. The maximum absolute atomic E-state index is 10.9. The Hall–Kier alpha value is -1.26. The SMILES string of the molecule is CCCCCOC(=O)NC(C)C(=O)O.